The summed E-state index contributed by atoms with van der Waals surface area (Å²) in [5.41, 5.74) is 1.18. The standard InChI is InChI=1S/C18H27NO4S/c1-14(2)13-15-3-5-17(6-4-15)24(20,21)19-9-7-16(8-10-19)18-22-11-12-23-18/h3-6,14,16,18H,7-13H2,1-2H3. The van der Waals surface area contributed by atoms with Gasteiger partial charge < -0.3 is 9.47 Å². The summed E-state index contributed by atoms with van der Waals surface area (Å²) in [7, 11) is -3.40. The second-order valence-corrected chi connectivity index (χ2v) is 9.03. The Morgan fingerprint density at radius 3 is 2.21 bits per heavy atom. The average molecular weight is 353 g/mol. The maximum Gasteiger partial charge on any atom is 0.243 e. The highest BCUT2D eigenvalue weighted by molar-refractivity contribution is 7.89. The molecule has 0 radical (unpaired) electrons. The minimum Gasteiger partial charge on any atom is -0.350 e. The van der Waals surface area contributed by atoms with Gasteiger partial charge in [-0.3, -0.25) is 0 Å². The molecule has 0 atom stereocenters. The number of rotatable bonds is 5. The molecular formula is C18H27NO4S. The van der Waals surface area contributed by atoms with E-state index in [0.29, 0.717) is 43.0 Å². The smallest absolute Gasteiger partial charge is 0.243 e. The number of ether oxygens (including phenoxy) is 2. The van der Waals surface area contributed by atoms with Crippen molar-refractivity contribution in [3.05, 3.63) is 29.8 Å². The molecule has 3 rings (SSSR count). The fourth-order valence-corrected chi connectivity index (χ4v) is 4.92. The fourth-order valence-electron chi connectivity index (χ4n) is 3.46. The Morgan fingerprint density at radius 2 is 1.67 bits per heavy atom. The Bertz CT molecular complexity index is 627. The maximum absolute atomic E-state index is 12.8. The van der Waals surface area contributed by atoms with Crippen LogP contribution >= 0.6 is 0 Å². The van der Waals surface area contributed by atoms with Crippen LogP contribution in [0.3, 0.4) is 0 Å². The van der Waals surface area contributed by atoms with Crippen molar-refractivity contribution in [2.45, 2.75) is 44.3 Å². The van der Waals surface area contributed by atoms with Crippen LogP contribution in [-0.4, -0.2) is 45.3 Å². The molecular weight excluding hydrogens is 326 g/mol. The highest BCUT2D eigenvalue weighted by Gasteiger charge is 2.34. The van der Waals surface area contributed by atoms with E-state index in [1.807, 2.05) is 12.1 Å². The molecule has 2 aliphatic rings. The molecule has 0 saturated carbocycles. The number of hydrogen-bond donors (Lipinski definition) is 0. The minimum absolute atomic E-state index is 0.148. The van der Waals surface area contributed by atoms with Crippen LogP contribution in [0, 0.1) is 11.8 Å². The van der Waals surface area contributed by atoms with E-state index < -0.39 is 10.0 Å². The normalized spacial score (nSPS) is 21.6. The van der Waals surface area contributed by atoms with Gasteiger partial charge in [0, 0.05) is 19.0 Å². The Hall–Kier alpha value is -0.950. The van der Waals surface area contributed by atoms with Crippen molar-refractivity contribution < 1.29 is 17.9 Å². The van der Waals surface area contributed by atoms with Gasteiger partial charge in [-0.1, -0.05) is 26.0 Å². The average Bonchev–Trinajstić information content (AvgIpc) is 3.09. The summed E-state index contributed by atoms with van der Waals surface area (Å²) in [5, 5.41) is 0. The zero-order valence-electron chi connectivity index (χ0n) is 14.5. The zero-order chi connectivity index (χ0) is 17.2. The molecule has 0 bridgehead atoms. The number of hydrogen-bond acceptors (Lipinski definition) is 4. The number of sulfonamides is 1. The van der Waals surface area contributed by atoms with Gasteiger partial charge in [0.2, 0.25) is 10.0 Å². The number of nitrogens with zero attached hydrogens (tertiary/aromatic N) is 1. The summed E-state index contributed by atoms with van der Waals surface area (Å²) in [6, 6.07) is 7.34. The summed E-state index contributed by atoms with van der Waals surface area (Å²) in [6.07, 6.45) is 2.39. The lowest BCUT2D eigenvalue weighted by Crippen LogP contribution is -2.41. The van der Waals surface area contributed by atoms with Crippen molar-refractivity contribution in [1.82, 2.24) is 4.31 Å². The number of benzene rings is 1. The van der Waals surface area contributed by atoms with E-state index in [0.717, 1.165) is 19.3 Å². The van der Waals surface area contributed by atoms with E-state index in [1.54, 1.807) is 16.4 Å². The SMILES string of the molecule is CC(C)Cc1ccc(S(=O)(=O)N2CCC(C3OCCO3)CC2)cc1. The molecule has 1 aromatic rings. The molecule has 2 fully saturated rings. The summed E-state index contributed by atoms with van der Waals surface area (Å²) < 4.78 is 38.3. The van der Waals surface area contributed by atoms with Gasteiger partial charge in [-0.25, -0.2) is 8.42 Å². The van der Waals surface area contributed by atoms with Gasteiger partial charge >= 0.3 is 0 Å². The summed E-state index contributed by atoms with van der Waals surface area (Å²) >= 11 is 0. The van der Waals surface area contributed by atoms with Crippen molar-refractivity contribution in [2.24, 2.45) is 11.8 Å². The van der Waals surface area contributed by atoms with Crippen molar-refractivity contribution in [2.75, 3.05) is 26.3 Å². The lowest BCUT2D eigenvalue weighted by molar-refractivity contribution is -0.0938. The quantitative estimate of drug-likeness (QED) is 0.817. The first-order valence-corrected chi connectivity index (χ1v) is 10.2. The maximum atomic E-state index is 12.8. The van der Waals surface area contributed by atoms with E-state index in [2.05, 4.69) is 13.8 Å². The van der Waals surface area contributed by atoms with Crippen LogP contribution in [-0.2, 0) is 25.9 Å². The first kappa shape index (κ1) is 17.9. The van der Waals surface area contributed by atoms with E-state index in [-0.39, 0.29) is 6.29 Å². The molecule has 2 saturated heterocycles. The van der Waals surface area contributed by atoms with E-state index >= 15 is 0 Å². The van der Waals surface area contributed by atoms with Gasteiger partial charge in [-0.2, -0.15) is 4.31 Å². The highest BCUT2D eigenvalue weighted by Crippen LogP contribution is 2.29. The van der Waals surface area contributed by atoms with Crippen LogP contribution in [0.15, 0.2) is 29.2 Å². The van der Waals surface area contributed by atoms with Gasteiger partial charge in [0.25, 0.3) is 0 Å². The van der Waals surface area contributed by atoms with Crippen LogP contribution in [0.2, 0.25) is 0 Å². The second kappa shape index (κ2) is 7.52. The van der Waals surface area contributed by atoms with Crippen molar-refractivity contribution in [3.63, 3.8) is 0 Å². The highest BCUT2D eigenvalue weighted by atomic mass is 32.2. The fraction of sp³-hybridized carbons (Fsp3) is 0.667. The predicted molar refractivity (Wildman–Crippen MR) is 92.2 cm³/mol. The second-order valence-electron chi connectivity index (χ2n) is 7.09. The third-order valence-corrected chi connectivity index (χ3v) is 6.65. The van der Waals surface area contributed by atoms with E-state index in [1.165, 1.54) is 5.56 Å². The van der Waals surface area contributed by atoms with Gasteiger partial charge in [-0.05, 0) is 42.9 Å². The molecule has 0 unspecified atom stereocenters. The summed E-state index contributed by atoms with van der Waals surface area (Å²) in [6.45, 7) is 6.67. The van der Waals surface area contributed by atoms with Crippen LogP contribution < -0.4 is 0 Å². The predicted octanol–water partition coefficient (Wildman–Crippen LogP) is 2.66. The Morgan fingerprint density at radius 1 is 1.08 bits per heavy atom. The van der Waals surface area contributed by atoms with Crippen LogP contribution in [0.1, 0.15) is 32.3 Å². The topological polar surface area (TPSA) is 55.8 Å². The Labute approximate surface area is 145 Å². The van der Waals surface area contributed by atoms with Gasteiger partial charge in [0.05, 0.1) is 18.1 Å². The van der Waals surface area contributed by atoms with Crippen LogP contribution in [0.25, 0.3) is 0 Å². The lowest BCUT2D eigenvalue weighted by atomic mass is 9.98. The molecule has 0 amide bonds. The molecule has 0 aliphatic carbocycles. The molecule has 5 nitrogen and oxygen atoms in total. The third kappa shape index (κ3) is 3.99. The lowest BCUT2D eigenvalue weighted by Gasteiger charge is -2.33. The van der Waals surface area contributed by atoms with Crippen LogP contribution in [0.5, 0.6) is 0 Å². The van der Waals surface area contributed by atoms with E-state index in [4.69, 9.17) is 9.47 Å². The number of piperidine rings is 1. The monoisotopic (exact) mass is 353 g/mol. The van der Waals surface area contributed by atoms with Gasteiger partial charge in [0.1, 0.15) is 0 Å². The Kier molecular flexibility index (Phi) is 5.59. The first-order valence-electron chi connectivity index (χ1n) is 8.79. The van der Waals surface area contributed by atoms with Gasteiger partial charge in [-0.15, -0.1) is 0 Å². The molecule has 2 aliphatic heterocycles. The van der Waals surface area contributed by atoms with E-state index in [9.17, 15) is 8.42 Å². The Balaban J connectivity index is 1.63. The van der Waals surface area contributed by atoms with Gasteiger partial charge in [0.15, 0.2) is 6.29 Å². The summed E-state index contributed by atoms with van der Waals surface area (Å²) in [4.78, 5) is 0.391. The molecule has 24 heavy (non-hydrogen) atoms. The first-order chi connectivity index (χ1) is 11.5. The van der Waals surface area contributed by atoms with Crippen molar-refractivity contribution in [3.8, 4) is 0 Å². The molecule has 6 heteroatoms. The minimum atomic E-state index is -3.40. The zero-order valence-corrected chi connectivity index (χ0v) is 15.3. The van der Waals surface area contributed by atoms with Crippen molar-refractivity contribution >= 4 is 10.0 Å². The molecule has 0 aromatic heterocycles. The molecule has 134 valence electrons. The molecule has 2 heterocycles. The third-order valence-electron chi connectivity index (χ3n) is 4.74. The molecule has 0 N–H and O–H groups in total. The van der Waals surface area contributed by atoms with Crippen LogP contribution in [0.4, 0.5) is 0 Å². The molecule has 1 aromatic carbocycles. The molecule has 0 spiro atoms. The largest absolute Gasteiger partial charge is 0.350 e. The van der Waals surface area contributed by atoms with Crippen molar-refractivity contribution in [1.29, 1.82) is 0 Å². The summed E-state index contributed by atoms with van der Waals surface area (Å²) in [5.74, 6) is 0.860.